The summed E-state index contributed by atoms with van der Waals surface area (Å²) >= 11 is 1.84. The van der Waals surface area contributed by atoms with Gasteiger partial charge in [0.15, 0.2) is 5.16 Å². The zero-order valence-electron chi connectivity index (χ0n) is 10.7. The van der Waals surface area contributed by atoms with Crippen LogP contribution in [0.5, 0.6) is 0 Å². The maximum absolute atomic E-state index is 4.48. The summed E-state index contributed by atoms with van der Waals surface area (Å²) in [4.78, 5) is 4.48. The Morgan fingerprint density at radius 3 is 2.40 bits per heavy atom. The van der Waals surface area contributed by atoms with Gasteiger partial charge in [0, 0.05) is 30.1 Å². The maximum atomic E-state index is 4.48. The van der Waals surface area contributed by atoms with Crippen molar-refractivity contribution in [3.8, 4) is 0 Å². The Bertz CT molecular complexity index is 321. The molecular weight excluding hydrogens is 204 g/mol. The zero-order valence-corrected chi connectivity index (χ0v) is 11.5. The molecule has 1 aromatic rings. The highest BCUT2D eigenvalue weighted by atomic mass is 32.2. The second-order valence-corrected chi connectivity index (χ2v) is 6.43. The van der Waals surface area contributed by atoms with Gasteiger partial charge in [-0.3, -0.25) is 0 Å². The van der Waals surface area contributed by atoms with Gasteiger partial charge in [-0.1, -0.05) is 46.4 Å². The number of imidazole rings is 1. The van der Waals surface area contributed by atoms with E-state index < -0.39 is 0 Å². The van der Waals surface area contributed by atoms with Gasteiger partial charge in [-0.2, -0.15) is 0 Å². The van der Waals surface area contributed by atoms with E-state index in [1.54, 1.807) is 0 Å². The van der Waals surface area contributed by atoms with Gasteiger partial charge in [0.1, 0.15) is 0 Å². The van der Waals surface area contributed by atoms with E-state index in [0.717, 1.165) is 10.9 Å². The van der Waals surface area contributed by atoms with Gasteiger partial charge in [0.05, 0.1) is 0 Å². The first-order valence-corrected chi connectivity index (χ1v) is 6.46. The van der Waals surface area contributed by atoms with Crippen LogP contribution in [0.25, 0.3) is 0 Å². The van der Waals surface area contributed by atoms with Gasteiger partial charge in [-0.05, 0) is 5.92 Å². The first-order chi connectivity index (χ1) is 6.82. The molecule has 86 valence electrons. The Labute approximate surface area is 97.5 Å². The molecule has 0 unspecified atom stereocenters. The van der Waals surface area contributed by atoms with Crippen molar-refractivity contribution in [2.75, 3.05) is 5.75 Å². The summed E-state index contributed by atoms with van der Waals surface area (Å²) in [5, 5.41) is 1.13. The van der Waals surface area contributed by atoms with Crippen molar-refractivity contribution in [1.29, 1.82) is 0 Å². The maximum Gasteiger partial charge on any atom is 0.167 e. The molecule has 15 heavy (non-hydrogen) atoms. The minimum atomic E-state index is 0.179. The van der Waals surface area contributed by atoms with Gasteiger partial charge < -0.3 is 4.57 Å². The highest BCUT2D eigenvalue weighted by molar-refractivity contribution is 7.99. The average Bonchev–Trinajstić information content (AvgIpc) is 2.42. The fourth-order valence-corrected chi connectivity index (χ4v) is 2.37. The molecule has 0 aliphatic heterocycles. The molecular formula is C12H22N2S. The Morgan fingerprint density at radius 2 is 2.00 bits per heavy atom. The quantitative estimate of drug-likeness (QED) is 0.735. The van der Waals surface area contributed by atoms with E-state index >= 15 is 0 Å². The van der Waals surface area contributed by atoms with Gasteiger partial charge in [-0.25, -0.2) is 4.98 Å². The van der Waals surface area contributed by atoms with Gasteiger partial charge >= 0.3 is 0 Å². The number of nitrogens with zero attached hydrogens (tertiary/aromatic N) is 2. The molecule has 0 aliphatic rings. The minimum Gasteiger partial charge on any atom is -0.326 e. The van der Waals surface area contributed by atoms with Crippen LogP contribution in [0.15, 0.2) is 11.4 Å². The molecule has 1 heterocycles. The lowest BCUT2D eigenvalue weighted by Gasteiger charge is -2.19. The molecule has 0 aromatic carbocycles. The second kappa shape index (κ2) is 4.60. The van der Waals surface area contributed by atoms with Crippen LogP contribution in [0.2, 0.25) is 0 Å². The first-order valence-electron chi connectivity index (χ1n) is 5.47. The molecule has 0 radical (unpaired) electrons. The highest BCUT2D eigenvalue weighted by Crippen LogP contribution is 2.26. The molecule has 0 bridgehead atoms. The van der Waals surface area contributed by atoms with Crippen LogP contribution in [-0.4, -0.2) is 15.3 Å². The SMILES string of the molecule is CC(C)CSc1ncc(C(C)(C)C)n1C. The fourth-order valence-electron chi connectivity index (χ4n) is 1.46. The van der Waals surface area contributed by atoms with Crippen LogP contribution in [0, 0.1) is 5.92 Å². The van der Waals surface area contributed by atoms with E-state index in [9.17, 15) is 0 Å². The number of hydrogen-bond acceptors (Lipinski definition) is 2. The molecule has 0 fully saturated rings. The summed E-state index contributed by atoms with van der Waals surface area (Å²) in [6.45, 7) is 11.1. The van der Waals surface area contributed by atoms with Crippen molar-refractivity contribution in [1.82, 2.24) is 9.55 Å². The van der Waals surface area contributed by atoms with Crippen molar-refractivity contribution >= 4 is 11.8 Å². The number of aromatic nitrogens is 2. The summed E-state index contributed by atoms with van der Waals surface area (Å²) in [5.41, 5.74) is 1.48. The highest BCUT2D eigenvalue weighted by Gasteiger charge is 2.19. The molecule has 3 heteroatoms. The summed E-state index contributed by atoms with van der Waals surface area (Å²) in [6, 6.07) is 0. The largest absolute Gasteiger partial charge is 0.326 e. The molecule has 2 nitrogen and oxygen atoms in total. The van der Waals surface area contributed by atoms with Crippen molar-refractivity contribution in [3.05, 3.63) is 11.9 Å². The Kier molecular flexibility index (Phi) is 3.87. The third-order valence-corrected chi connectivity index (χ3v) is 3.73. The standard InChI is InChI=1S/C12H22N2S/c1-9(2)8-15-11-13-7-10(14(11)6)12(3,4)5/h7,9H,8H2,1-6H3. The predicted molar refractivity (Wildman–Crippen MR) is 67.5 cm³/mol. The smallest absolute Gasteiger partial charge is 0.167 e. The van der Waals surface area contributed by atoms with E-state index in [1.165, 1.54) is 5.69 Å². The van der Waals surface area contributed by atoms with Gasteiger partial charge in [0.25, 0.3) is 0 Å². The van der Waals surface area contributed by atoms with Crippen LogP contribution in [0.4, 0.5) is 0 Å². The fraction of sp³-hybridized carbons (Fsp3) is 0.750. The third kappa shape index (κ3) is 3.26. The van der Waals surface area contributed by atoms with Crippen molar-refractivity contribution in [2.24, 2.45) is 13.0 Å². The van der Waals surface area contributed by atoms with Gasteiger partial charge in [-0.15, -0.1) is 0 Å². The summed E-state index contributed by atoms with van der Waals surface area (Å²) in [5.74, 6) is 1.85. The van der Waals surface area contributed by atoms with E-state index in [2.05, 4.69) is 51.2 Å². The average molecular weight is 226 g/mol. The van der Waals surface area contributed by atoms with Crippen LogP contribution in [-0.2, 0) is 12.5 Å². The third-order valence-electron chi connectivity index (χ3n) is 2.26. The van der Waals surface area contributed by atoms with Crippen molar-refractivity contribution in [2.45, 2.75) is 45.2 Å². The number of rotatable bonds is 3. The molecule has 1 rings (SSSR count). The number of thioether (sulfide) groups is 1. The summed E-state index contributed by atoms with van der Waals surface area (Å²) in [7, 11) is 2.11. The minimum absolute atomic E-state index is 0.179. The Hall–Kier alpha value is -0.440. The lowest BCUT2D eigenvalue weighted by molar-refractivity contribution is 0.531. The van der Waals surface area contributed by atoms with Crippen molar-refractivity contribution in [3.63, 3.8) is 0 Å². The van der Waals surface area contributed by atoms with Crippen LogP contribution < -0.4 is 0 Å². The molecule has 0 N–H and O–H groups in total. The van der Waals surface area contributed by atoms with Crippen molar-refractivity contribution < 1.29 is 0 Å². The van der Waals surface area contributed by atoms with Crippen LogP contribution >= 0.6 is 11.8 Å². The second-order valence-electron chi connectivity index (χ2n) is 5.44. The Balaban J connectivity index is 2.81. The molecule has 0 spiro atoms. The van der Waals surface area contributed by atoms with E-state index in [-0.39, 0.29) is 5.41 Å². The molecule has 1 aromatic heterocycles. The molecule has 0 atom stereocenters. The predicted octanol–water partition coefficient (Wildman–Crippen LogP) is 3.47. The lowest BCUT2D eigenvalue weighted by atomic mass is 9.93. The van der Waals surface area contributed by atoms with E-state index in [4.69, 9.17) is 0 Å². The normalized spacial score (nSPS) is 12.5. The van der Waals surface area contributed by atoms with Crippen LogP contribution in [0.1, 0.15) is 40.3 Å². The van der Waals surface area contributed by atoms with E-state index in [0.29, 0.717) is 5.92 Å². The molecule has 0 aliphatic carbocycles. The Morgan fingerprint density at radius 1 is 1.40 bits per heavy atom. The zero-order chi connectivity index (χ0) is 11.6. The molecule has 0 saturated carbocycles. The first kappa shape index (κ1) is 12.6. The van der Waals surface area contributed by atoms with Gasteiger partial charge in [0.2, 0.25) is 0 Å². The molecule has 0 saturated heterocycles. The summed E-state index contributed by atoms with van der Waals surface area (Å²) in [6.07, 6.45) is 2.00. The monoisotopic (exact) mass is 226 g/mol. The summed E-state index contributed by atoms with van der Waals surface area (Å²) < 4.78 is 2.22. The lowest BCUT2D eigenvalue weighted by Crippen LogP contribution is -2.16. The van der Waals surface area contributed by atoms with Crippen LogP contribution in [0.3, 0.4) is 0 Å². The van der Waals surface area contributed by atoms with E-state index in [1.807, 2.05) is 18.0 Å². The number of hydrogen-bond donors (Lipinski definition) is 0. The molecule has 0 amide bonds. The topological polar surface area (TPSA) is 17.8 Å².